The number of hydrogen-bond acceptors (Lipinski definition) is 6. The van der Waals surface area contributed by atoms with Gasteiger partial charge in [-0.3, -0.25) is 14.7 Å². The van der Waals surface area contributed by atoms with Crippen molar-refractivity contribution in [2.75, 3.05) is 5.32 Å². The molecule has 0 saturated heterocycles. The third-order valence-electron chi connectivity index (χ3n) is 4.04. The van der Waals surface area contributed by atoms with Crippen molar-refractivity contribution in [2.24, 2.45) is 0 Å². The average Bonchev–Trinajstić information content (AvgIpc) is 3.10. The Kier molecular flexibility index (Phi) is 7.36. The molecule has 0 aliphatic rings. The smallest absolute Gasteiger partial charge is 0.294 e. The van der Waals surface area contributed by atoms with Crippen LogP contribution in [0.25, 0.3) is 10.2 Å². The minimum atomic E-state index is -4.02. The number of fused-ring (bicyclic) bond motifs is 1. The number of aryl methyl sites for hydroxylation is 2. The molecule has 1 amide bonds. The molecule has 0 spiro atoms. The predicted octanol–water partition coefficient (Wildman–Crippen LogP) is 5.10. The van der Waals surface area contributed by atoms with Gasteiger partial charge in [-0.25, -0.2) is 9.97 Å². The molecule has 2 heterocycles. The van der Waals surface area contributed by atoms with Gasteiger partial charge >= 0.3 is 0 Å². The molecule has 2 aromatic heterocycles. The maximum atomic E-state index is 12.1. The fourth-order valence-electron chi connectivity index (χ4n) is 2.47. The number of aromatic nitrogens is 2. The summed E-state index contributed by atoms with van der Waals surface area (Å²) in [6, 6.07) is 15.6. The van der Waals surface area contributed by atoms with E-state index in [0.29, 0.717) is 10.8 Å². The number of nitrogens with zero attached hydrogens (tertiary/aromatic N) is 2. The third-order valence-corrected chi connectivity index (χ3v) is 6.48. The van der Waals surface area contributed by atoms with Gasteiger partial charge in [-0.1, -0.05) is 35.1 Å². The Morgan fingerprint density at radius 1 is 1.03 bits per heavy atom. The lowest BCUT2D eigenvalue weighted by Gasteiger charge is -2.00. The van der Waals surface area contributed by atoms with E-state index in [0.717, 1.165) is 19.4 Å². The van der Waals surface area contributed by atoms with E-state index in [4.69, 9.17) is 4.55 Å². The highest BCUT2D eigenvalue weighted by Crippen LogP contribution is 2.26. The van der Waals surface area contributed by atoms with Gasteiger partial charge in [0, 0.05) is 9.77 Å². The van der Waals surface area contributed by atoms with Gasteiger partial charge in [-0.15, -0.1) is 0 Å². The van der Waals surface area contributed by atoms with Crippen molar-refractivity contribution in [2.45, 2.75) is 18.7 Å². The van der Waals surface area contributed by atoms with Crippen molar-refractivity contribution in [3.05, 3.63) is 81.2 Å². The molecule has 0 unspecified atom stereocenters. The molecule has 2 aromatic carbocycles. The van der Waals surface area contributed by atoms with Crippen LogP contribution in [0.3, 0.4) is 0 Å². The Hall–Kier alpha value is -2.41. The van der Waals surface area contributed by atoms with Gasteiger partial charge < -0.3 is 0 Å². The molecular formula is C21H18IN3O4S2. The summed E-state index contributed by atoms with van der Waals surface area (Å²) in [6.07, 6.45) is 1.66. The Labute approximate surface area is 197 Å². The van der Waals surface area contributed by atoms with E-state index in [9.17, 15) is 13.2 Å². The zero-order valence-corrected chi connectivity index (χ0v) is 20.3. The minimum absolute atomic E-state index is 0.0666. The Morgan fingerprint density at radius 3 is 2.32 bits per heavy atom. The van der Waals surface area contributed by atoms with Crippen LogP contribution in [-0.2, 0) is 10.1 Å². The summed E-state index contributed by atoms with van der Waals surface area (Å²) in [7, 11) is -4.02. The van der Waals surface area contributed by atoms with Crippen molar-refractivity contribution < 1.29 is 17.8 Å². The Balaban J connectivity index is 0.000000210. The number of carbonyl (C=O) groups is 1. The number of anilines is 1. The Morgan fingerprint density at radius 2 is 1.71 bits per heavy atom. The van der Waals surface area contributed by atoms with E-state index in [-0.39, 0.29) is 10.8 Å². The van der Waals surface area contributed by atoms with Crippen LogP contribution in [0.4, 0.5) is 5.13 Å². The van der Waals surface area contributed by atoms with Gasteiger partial charge in [0.25, 0.3) is 16.0 Å². The first-order valence-electron chi connectivity index (χ1n) is 8.96. The maximum absolute atomic E-state index is 12.1. The highest BCUT2D eigenvalue weighted by molar-refractivity contribution is 14.1. The molecule has 0 atom stereocenters. The summed E-state index contributed by atoms with van der Waals surface area (Å²) in [5.74, 6) is -0.239. The van der Waals surface area contributed by atoms with Crippen LogP contribution in [0, 0.1) is 17.4 Å². The minimum Gasteiger partial charge on any atom is -0.296 e. The van der Waals surface area contributed by atoms with Crippen molar-refractivity contribution in [3.63, 3.8) is 0 Å². The molecule has 4 aromatic rings. The lowest BCUT2D eigenvalue weighted by molar-refractivity contribution is 0.102. The molecule has 10 heteroatoms. The molecule has 31 heavy (non-hydrogen) atoms. The zero-order chi connectivity index (χ0) is 22.6. The van der Waals surface area contributed by atoms with Crippen molar-refractivity contribution >= 4 is 65.3 Å². The number of thiazole rings is 1. The van der Waals surface area contributed by atoms with E-state index in [2.05, 4.69) is 43.9 Å². The van der Waals surface area contributed by atoms with Crippen LogP contribution < -0.4 is 5.32 Å². The van der Waals surface area contributed by atoms with Crippen molar-refractivity contribution in [3.8, 4) is 0 Å². The second-order valence-corrected chi connectivity index (χ2v) is 10.3. The monoisotopic (exact) mass is 567 g/mol. The number of hydrogen-bond donors (Lipinski definition) is 2. The van der Waals surface area contributed by atoms with E-state index in [1.54, 1.807) is 24.4 Å². The standard InChI is InChI=1S/C14H10IN3OS.C7H8O3S/c1-8-2-4-10-12(6-8)20-14(17-10)18-13(19)11-5-3-9(15)7-16-11;1-6-2-4-7(5-3-6)11(8,9)10/h2-7H,1H3,(H,17,18,19);2-5H,1H3,(H,8,9,10). The summed E-state index contributed by atoms with van der Waals surface area (Å²) in [5.41, 5.74) is 3.42. The highest BCUT2D eigenvalue weighted by atomic mass is 127. The molecule has 0 saturated carbocycles. The first kappa shape index (κ1) is 23.3. The number of pyridine rings is 1. The highest BCUT2D eigenvalue weighted by Gasteiger charge is 2.11. The number of carbonyl (C=O) groups excluding carboxylic acids is 1. The molecule has 0 radical (unpaired) electrons. The van der Waals surface area contributed by atoms with Gasteiger partial charge in [0.05, 0.1) is 15.1 Å². The van der Waals surface area contributed by atoms with E-state index >= 15 is 0 Å². The maximum Gasteiger partial charge on any atom is 0.294 e. The fourth-order valence-corrected chi connectivity index (χ4v) is 4.23. The topological polar surface area (TPSA) is 109 Å². The average molecular weight is 567 g/mol. The van der Waals surface area contributed by atoms with Crippen LogP contribution in [0.5, 0.6) is 0 Å². The largest absolute Gasteiger partial charge is 0.296 e. The second-order valence-electron chi connectivity index (χ2n) is 6.59. The van der Waals surface area contributed by atoms with Crippen LogP contribution >= 0.6 is 33.9 Å². The molecule has 0 aliphatic heterocycles. The lowest BCUT2D eigenvalue weighted by Crippen LogP contribution is -2.13. The third kappa shape index (κ3) is 6.53. The first-order chi connectivity index (χ1) is 14.6. The van der Waals surface area contributed by atoms with Crippen LogP contribution in [0.15, 0.2) is 65.7 Å². The van der Waals surface area contributed by atoms with Gasteiger partial charge in [0.2, 0.25) is 0 Å². The SMILES string of the molecule is Cc1ccc(S(=O)(=O)O)cc1.Cc1ccc2nc(NC(=O)c3ccc(I)cn3)sc2c1. The number of nitrogens with one attached hydrogen (secondary N) is 1. The zero-order valence-electron chi connectivity index (χ0n) is 16.5. The molecule has 160 valence electrons. The molecular weight excluding hydrogens is 549 g/mol. The van der Waals surface area contributed by atoms with Crippen molar-refractivity contribution in [1.82, 2.24) is 9.97 Å². The summed E-state index contributed by atoms with van der Waals surface area (Å²) < 4.78 is 31.6. The summed E-state index contributed by atoms with van der Waals surface area (Å²) >= 11 is 3.62. The molecule has 7 nitrogen and oxygen atoms in total. The Bertz CT molecular complexity index is 1320. The normalized spacial score (nSPS) is 11.0. The van der Waals surface area contributed by atoms with Crippen LogP contribution in [-0.4, -0.2) is 28.8 Å². The molecule has 0 fully saturated rings. The van der Waals surface area contributed by atoms with Crippen LogP contribution in [0.1, 0.15) is 21.6 Å². The number of amides is 1. The van der Waals surface area contributed by atoms with Gasteiger partial charge in [-0.05, 0) is 78.4 Å². The van der Waals surface area contributed by atoms with Gasteiger partial charge in [-0.2, -0.15) is 8.42 Å². The van der Waals surface area contributed by atoms with Crippen molar-refractivity contribution in [1.29, 1.82) is 0 Å². The van der Waals surface area contributed by atoms with Crippen LogP contribution in [0.2, 0.25) is 0 Å². The number of rotatable bonds is 3. The lowest BCUT2D eigenvalue weighted by atomic mass is 10.2. The molecule has 0 aliphatic carbocycles. The fraction of sp³-hybridized carbons (Fsp3) is 0.0952. The predicted molar refractivity (Wildman–Crippen MR) is 130 cm³/mol. The first-order valence-corrected chi connectivity index (χ1v) is 12.3. The summed E-state index contributed by atoms with van der Waals surface area (Å²) in [4.78, 5) is 20.5. The molecule has 0 bridgehead atoms. The molecule has 4 rings (SSSR count). The van der Waals surface area contributed by atoms with Gasteiger partial charge in [0.1, 0.15) is 5.69 Å². The van der Waals surface area contributed by atoms with Gasteiger partial charge in [0.15, 0.2) is 5.13 Å². The summed E-state index contributed by atoms with van der Waals surface area (Å²) in [6.45, 7) is 3.88. The number of halogens is 1. The summed E-state index contributed by atoms with van der Waals surface area (Å²) in [5, 5.41) is 3.38. The van der Waals surface area contributed by atoms with E-state index in [1.165, 1.54) is 29.0 Å². The van der Waals surface area contributed by atoms with E-state index in [1.807, 2.05) is 32.0 Å². The quantitative estimate of drug-likeness (QED) is 0.264. The van der Waals surface area contributed by atoms with E-state index < -0.39 is 10.1 Å². The second kappa shape index (κ2) is 9.81. The number of benzene rings is 2. The molecule has 2 N–H and O–H groups in total.